The van der Waals surface area contributed by atoms with Crippen LogP contribution in [0.2, 0.25) is 0 Å². The molecule has 2 aliphatic rings. The number of rotatable bonds is 13. The second-order valence-electron chi connectivity index (χ2n) is 8.86. The second-order valence-corrected chi connectivity index (χ2v) is 8.86. The molecule has 184 valence electrons. The fraction of sp³-hybridized carbons (Fsp3) is 0.654. The highest BCUT2D eigenvalue weighted by Gasteiger charge is 2.50. The van der Waals surface area contributed by atoms with Crippen molar-refractivity contribution in [3.8, 4) is 0 Å². The molecular weight excluding hydrogens is 422 g/mol. The van der Waals surface area contributed by atoms with E-state index in [2.05, 4.69) is 11.9 Å². The van der Waals surface area contributed by atoms with Gasteiger partial charge in [-0.1, -0.05) is 68.5 Å². The van der Waals surface area contributed by atoms with Gasteiger partial charge in [0, 0.05) is 19.1 Å². The van der Waals surface area contributed by atoms with Gasteiger partial charge in [-0.25, -0.2) is 0 Å². The van der Waals surface area contributed by atoms with Crippen LogP contribution in [-0.4, -0.2) is 54.9 Å². The van der Waals surface area contributed by atoms with Crippen LogP contribution in [-0.2, 0) is 23.7 Å². The maximum Gasteiger partial charge on any atom is 0.217 e. The summed E-state index contributed by atoms with van der Waals surface area (Å²) in [7, 11) is 0. The summed E-state index contributed by atoms with van der Waals surface area (Å²) in [4.78, 5) is 11.8. The molecule has 0 radical (unpaired) electrons. The standard InChI is InChI=1S/C26H39NO6/c1-3-4-5-6-7-8-9-10-14-17-30-26-22(27-19(2)28)23(29)24-21(32-26)18-31-25(33-24)20-15-12-11-13-16-20/h3,11-13,15-16,21-26,29H,1,4-10,14,17-18H2,2H3,(H,27,28)/t21-,22-,23-,24-,25-,26-/m1/s1. The van der Waals surface area contributed by atoms with Crippen LogP contribution in [0.5, 0.6) is 0 Å². The fourth-order valence-electron chi connectivity index (χ4n) is 4.38. The predicted molar refractivity (Wildman–Crippen MR) is 125 cm³/mol. The summed E-state index contributed by atoms with van der Waals surface area (Å²) in [5, 5.41) is 13.8. The van der Waals surface area contributed by atoms with Crippen molar-refractivity contribution in [3.05, 3.63) is 48.6 Å². The van der Waals surface area contributed by atoms with Gasteiger partial charge in [0.25, 0.3) is 0 Å². The molecule has 2 N–H and O–H groups in total. The average Bonchev–Trinajstić information content (AvgIpc) is 2.82. The summed E-state index contributed by atoms with van der Waals surface area (Å²) in [6, 6.07) is 8.87. The van der Waals surface area contributed by atoms with Crippen LogP contribution in [0.4, 0.5) is 0 Å². The minimum absolute atomic E-state index is 0.252. The Morgan fingerprint density at radius 1 is 1.12 bits per heavy atom. The molecule has 6 atom stereocenters. The molecule has 0 spiro atoms. The van der Waals surface area contributed by atoms with Crippen molar-refractivity contribution in [2.24, 2.45) is 0 Å². The molecule has 2 saturated heterocycles. The van der Waals surface area contributed by atoms with Gasteiger partial charge in [-0.2, -0.15) is 0 Å². The smallest absolute Gasteiger partial charge is 0.217 e. The number of ether oxygens (including phenoxy) is 4. The lowest BCUT2D eigenvalue weighted by atomic mass is 9.95. The van der Waals surface area contributed by atoms with Gasteiger partial charge in [0.2, 0.25) is 5.91 Å². The van der Waals surface area contributed by atoms with Gasteiger partial charge in [-0.15, -0.1) is 6.58 Å². The van der Waals surface area contributed by atoms with Gasteiger partial charge in [0.15, 0.2) is 12.6 Å². The summed E-state index contributed by atoms with van der Waals surface area (Å²) in [6.07, 6.45) is 7.81. The van der Waals surface area contributed by atoms with Crippen molar-refractivity contribution >= 4 is 5.91 Å². The molecular formula is C26H39NO6. The summed E-state index contributed by atoms with van der Waals surface area (Å²) in [5.74, 6) is -0.252. The summed E-state index contributed by atoms with van der Waals surface area (Å²) >= 11 is 0. The number of nitrogens with one attached hydrogen (secondary N) is 1. The van der Waals surface area contributed by atoms with Crippen LogP contribution >= 0.6 is 0 Å². The highest BCUT2D eigenvalue weighted by Crippen LogP contribution is 2.34. The highest BCUT2D eigenvalue weighted by molar-refractivity contribution is 5.73. The maximum absolute atomic E-state index is 11.8. The van der Waals surface area contributed by atoms with Crippen LogP contribution in [0.25, 0.3) is 0 Å². The Balaban J connectivity index is 1.46. The van der Waals surface area contributed by atoms with Crippen molar-refractivity contribution in [2.45, 2.75) is 95.2 Å². The number of amides is 1. The van der Waals surface area contributed by atoms with Gasteiger partial charge in [-0.3, -0.25) is 4.79 Å². The van der Waals surface area contributed by atoms with E-state index in [0.29, 0.717) is 6.61 Å². The second kappa shape index (κ2) is 13.8. The lowest BCUT2D eigenvalue weighted by molar-refractivity contribution is -0.344. The van der Waals surface area contributed by atoms with Crippen LogP contribution in [0, 0.1) is 0 Å². The Kier molecular flexibility index (Phi) is 10.8. The normalized spacial score (nSPS) is 29.3. The van der Waals surface area contributed by atoms with Gasteiger partial charge in [0.1, 0.15) is 24.4 Å². The molecule has 0 saturated carbocycles. The SMILES string of the molecule is C=CCCCCCCCCCO[C@@H]1O[C@@H]2CO[C@@H](c3ccccc3)O[C@H]2[C@H](O)[C@H]1NC(C)=O. The average molecular weight is 462 g/mol. The first-order valence-electron chi connectivity index (χ1n) is 12.2. The molecule has 2 heterocycles. The maximum atomic E-state index is 11.8. The Bertz CT molecular complexity index is 714. The molecule has 2 aliphatic heterocycles. The third kappa shape index (κ3) is 7.90. The quantitative estimate of drug-likeness (QED) is 0.341. The molecule has 33 heavy (non-hydrogen) atoms. The van der Waals surface area contributed by atoms with Crippen molar-refractivity contribution in [2.75, 3.05) is 13.2 Å². The molecule has 7 heteroatoms. The molecule has 0 unspecified atom stereocenters. The Morgan fingerprint density at radius 2 is 1.82 bits per heavy atom. The molecule has 2 fully saturated rings. The summed E-state index contributed by atoms with van der Waals surface area (Å²) < 4.78 is 23.9. The largest absolute Gasteiger partial charge is 0.388 e. The minimum Gasteiger partial charge on any atom is -0.388 e. The minimum atomic E-state index is -0.969. The number of hydrogen-bond acceptors (Lipinski definition) is 6. The monoisotopic (exact) mass is 461 g/mol. The molecule has 0 bridgehead atoms. The van der Waals surface area contributed by atoms with Crippen molar-refractivity contribution < 1.29 is 28.8 Å². The van der Waals surface area contributed by atoms with Gasteiger partial charge in [0.05, 0.1) is 6.61 Å². The third-order valence-corrected chi connectivity index (χ3v) is 6.14. The first-order valence-corrected chi connectivity index (χ1v) is 12.2. The Labute approximate surface area is 197 Å². The highest BCUT2D eigenvalue weighted by atomic mass is 16.7. The van der Waals surface area contributed by atoms with E-state index in [1.165, 1.54) is 39.0 Å². The Morgan fingerprint density at radius 3 is 2.52 bits per heavy atom. The third-order valence-electron chi connectivity index (χ3n) is 6.14. The first kappa shape index (κ1) is 25.8. The van der Waals surface area contributed by atoms with E-state index in [-0.39, 0.29) is 12.5 Å². The summed E-state index contributed by atoms with van der Waals surface area (Å²) in [5.41, 5.74) is 0.873. The molecule has 0 aromatic heterocycles. The van der Waals surface area contributed by atoms with Gasteiger partial charge < -0.3 is 29.4 Å². The predicted octanol–water partition coefficient (Wildman–Crippen LogP) is 4.01. The van der Waals surface area contributed by atoms with E-state index in [4.69, 9.17) is 18.9 Å². The number of unbranched alkanes of at least 4 members (excludes halogenated alkanes) is 7. The first-order chi connectivity index (χ1) is 16.1. The van der Waals surface area contributed by atoms with E-state index in [1.54, 1.807) is 0 Å². The van der Waals surface area contributed by atoms with Crippen LogP contribution in [0.15, 0.2) is 43.0 Å². The lowest BCUT2D eigenvalue weighted by Crippen LogP contribution is -2.66. The van der Waals surface area contributed by atoms with Crippen LogP contribution < -0.4 is 5.32 Å². The van der Waals surface area contributed by atoms with Gasteiger partial charge >= 0.3 is 0 Å². The number of fused-ring (bicyclic) bond motifs is 1. The zero-order valence-corrected chi connectivity index (χ0v) is 19.7. The molecule has 3 rings (SSSR count). The molecule has 0 aliphatic carbocycles. The summed E-state index contributed by atoms with van der Waals surface area (Å²) in [6.45, 7) is 5.96. The van der Waals surface area contributed by atoms with E-state index in [9.17, 15) is 9.90 Å². The zero-order chi connectivity index (χ0) is 23.5. The number of carbonyl (C=O) groups excluding carboxylic acids is 1. The topological polar surface area (TPSA) is 86.2 Å². The number of benzene rings is 1. The van der Waals surface area contributed by atoms with Crippen molar-refractivity contribution in [1.82, 2.24) is 5.32 Å². The number of aliphatic hydroxyl groups is 1. The number of hydrogen-bond donors (Lipinski definition) is 2. The van der Waals surface area contributed by atoms with Crippen LogP contribution in [0.1, 0.15) is 70.1 Å². The molecule has 1 aromatic rings. The Hall–Kier alpha value is -1.77. The number of carbonyl (C=O) groups is 1. The van der Waals surface area contributed by atoms with E-state index in [1.807, 2.05) is 36.4 Å². The molecule has 7 nitrogen and oxygen atoms in total. The number of allylic oxidation sites excluding steroid dienone is 1. The van der Waals surface area contributed by atoms with Gasteiger partial charge in [-0.05, 0) is 19.3 Å². The van der Waals surface area contributed by atoms with E-state index < -0.39 is 36.9 Å². The van der Waals surface area contributed by atoms with Crippen molar-refractivity contribution in [3.63, 3.8) is 0 Å². The van der Waals surface area contributed by atoms with E-state index >= 15 is 0 Å². The number of aliphatic hydroxyl groups excluding tert-OH is 1. The molecule has 1 amide bonds. The fourth-order valence-corrected chi connectivity index (χ4v) is 4.38. The van der Waals surface area contributed by atoms with Crippen molar-refractivity contribution in [1.29, 1.82) is 0 Å². The lowest BCUT2D eigenvalue weighted by Gasteiger charge is -2.47. The van der Waals surface area contributed by atoms with E-state index in [0.717, 1.165) is 24.8 Å². The van der Waals surface area contributed by atoms with Crippen LogP contribution in [0.3, 0.4) is 0 Å². The molecule has 1 aromatic carbocycles. The zero-order valence-electron chi connectivity index (χ0n) is 19.7.